The number of hydrogen-bond donors (Lipinski definition) is 15. The van der Waals surface area contributed by atoms with Crippen LogP contribution in [0.2, 0.25) is 0 Å². The van der Waals surface area contributed by atoms with Crippen LogP contribution < -0.4 is 54.4 Å². The fourth-order valence-electron chi connectivity index (χ4n) is 6.00. The van der Waals surface area contributed by atoms with Crippen LogP contribution in [0.1, 0.15) is 58.6 Å². The van der Waals surface area contributed by atoms with Gasteiger partial charge in [-0.3, -0.25) is 38.6 Å². The van der Waals surface area contributed by atoms with Crippen molar-refractivity contribution in [3.05, 3.63) is 59.7 Å². The maximum atomic E-state index is 14.3. The molecule has 0 saturated heterocycles. The molecule has 17 N–H and O–H groups in total. The minimum atomic E-state index is -1.45. The molecular weight excluding hydrogens is 883 g/mol. The van der Waals surface area contributed by atoms with Crippen LogP contribution in [0.5, 0.6) is 11.5 Å². The molecule has 9 atom stereocenters. The van der Waals surface area contributed by atoms with Crippen LogP contribution in [0.3, 0.4) is 0 Å². The van der Waals surface area contributed by atoms with Gasteiger partial charge >= 0.3 is 5.97 Å². The van der Waals surface area contributed by atoms with Crippen LogP contribution in [-0.2, 0) is 51.2 Å². The Bertz CT molecular complexity index is 2020. The maximum Gasteiger partial charge on any atom is 0.326 e. The summed E-state index contributed by atoms with van der Waals surface area (Å²) < 4.78 is 0. The third-order valence-electron chi connectivity index (χ3n) is 9.97. The summed E-state index contributed by atoms with van der Waals surface area (Å²) >= 11 is 4.21. The normalized spacial score (nSPS) is 15.1. The molecular formula is C42H63N11O12S. The number of hydrogen-bond acceptors (Lipinski definition) is 14. The number of aliphatic hydroxyl groups is 1. The molecule has 0 heterocycles. The van der Waals surface area contributed by atoms with E-state index in [0.717, 1.165) is 0 Å². The molecule has 0 unspecified atom stereocenters. The SMILES string of the molecule is CC(C)[C@H](NC(=O)[C@H](C)NC(=O)[C@@H](N)[C@@H](C)O)C(=O)N[C@@H](Cc1ccc(O)cc1)C(=O)N[C@@H](Cc1ccc(O)cc1)C(=O)N[C@@H](CS)C(=O)N[C@@H](C)C(=O)N[C@@H](CCCN=C(N)N)C(=O)O. The molecule has 0 aliphatic heterocycles. The first-order valence-electron chi connectivity index (χ1n) is 20.9. The highest BCUT2D eigenvalue weighted by atomic mass is 32.1. The molecule has 0 spiro atoms. The largest absolute Gasteiger partial charge is 0.508 e. The number of phenolic OH excluding ortho intramolecular Hbond substituents is 2. The lowest BCUT2D eigenvalue weighted by atomic mass is 9.99. The Morgan fingerprint density at radius 1 is 0.591 bits per heavy atom. The highest BCUT2D eigenvalue weighted by Crippen LogP contribution is 2.15. The number of carboxylic acid groups (broad SMARTS) is 1. The lowest BCUT2D eigenvalue weighted by molar-refractivity contribution is -0.142. The number of carbonyl (C=O) groups is 8. The summed E-state index contributed by atoms with van der Waals surface area (Å²) in [5.74, 6) is -8.47. The van der Waals surface area contributed by atoms with E-state index in [4.69, 9.17) is 17.2 Å². The number of nitrogens with two attached hydrogens (primary N) is 3. The average Bonchev–Trinajstić information content (AvgIpc) is 3.25. The van der Waals surface area contributed by atoms with Gasteiger partial charge < -0.3 is 74.8 Å². The van der Waals surface area contributed by atoms with E-state index in [2.05, 4.69) is 54.8 Å². The molecule has 7 amide bonds. The number of carboxylic acids is 1. The van der Waals surface area contributed by atoms with E-state index in [0.29, 0.717) is 11.1 Å². The van der Waals surface area contributed by atoms with Crippen molar-refractivity contribution in [2.75, 3.05) is 12.3 Å². The zero-order valence-electron chi connectivity index (χ0n) is 37.3. The Morgan fingerprint density at radius 2 is 1.00 bits per heavy atom. The van der Waals surface area contributed by atoms with E-state index in [1.807, 2.05) is 0 Å². The molecule has 364 valence electrons. The number of thiol groups is 1. The summed E-state index contributed by atoms with van der Waals surface area (Å²) in [5.41, 5.74) is 17.2. The third-order valence-corrected chi connectivity index (χ3v) is 10.3. The number of nitrogens with zero attached hydrogens (tertiary/aromatic N) is 1. The summed E-state index contributed by atoms with van der Waals surface area (Å²) in [6.45, 7) is 7.30. The molecule has 2 aromatic carbocycles. The first-order valence-corrected chi connectivity index (χ1v) is 21.6. The van der Waals surface area contributed by atoms with Crippen LogP contribution in [0.25, 0.3) is 0 Å². The van der Waals surface area contributed by atoms with E-state index in [9.17, 15) is 58.8 Å². The summed E-state index contributed by atoms with van der Waals surface area (Å²) in [6.07, 6.45) is -1.41. The predicted molar refractivity (Wildman–Crippen MR) is 244 cm³/mol. The van der Waals surface area contributed by atoms with E-state index in [-0.39, 0.29) is 55.4 Å². The first-order chi connectivity index (χ1) is 30.9. The molecule has 0 fully saturated rings. The van der Waals surface area contributed by atoms with Crippen LogP contribution >= 0.6 is 12.6 Å². The molecule has 24 heteroatoms. The molecule has 0 aliphatic rings. The van der Waals surface area contributed by atoms with Crippen molar-refractivity contribution in [3.63, 3.8) is 0 Å². The number of aliphatic hydroxyl groups excluding tert-OH is 1. The number of guanidine groups is 1. The molecule has 0 aromatic heterocycles. The maximum absolute atomic E-state index is 14.3. The standard InChI is InChI=1S/C42H63N11O12S/c1-20(2)33(53-35(58)22(4)48-39(62)32(43)23(5)54)40(63)51-30(18-25-10-14-27(56)15-11-25)36(59)50-29(17-24-8-12-26(55)13-9-24)37(60)52-31(19-66)38(61)47-21(3)34(57)49-28(41(64)65)7-6-16-46-42(44)45/h8-15,20-23,28-33,54-56,66H,6-7,16-19,43H2,1-5H3,(H,47,61)(H,48,62)(H,49,57)(H,50,59)(H,51,63)(H,52,60)(H,53,58)(H,64,65)(H4,44,45,46)/t21-,22-,23+,28-,29-,30-,31-,32-,33-/m0/s1. The molecule has 0 bridgehead atoms. The number of aliphatic imine (C=N–C) groups is 1. The van der Waals surface area contributed by atoms with Gasteiger partial charge in [0.2, 0.25) is 41.4 Å². The summed E-state index contributed by atoms with van der Waals surface area (Å²) in [4.78, 5) is 110. The summed E-state index contributed by atoms with van der Waals surface area (Å²) in [7, 11) is 0. The molecule has 0 saturated carbocycles. The second kappa shape index (κ2) is 27.0. The quantitative estimate of drug-likeness (QED) is 0.0191. The second-order valence-electron chi connectivity index (χ2n) is 15.9. The van der Waals surface area contributed by atoms with Gasteiger partial charge in [-0.2, -0.15) is 12.6 Å². The number of phenols is 2. The Balaban J connectivity index is 2.37. The van der Waals surface area contributed by atoms with Crippen molar-refractivity contribution < 1.29 is 58.8 Å². The molecule has 2 rings (SSSR count). The Morgan fingerprint density at radius 3 is 1.42 bits per heavy atom. The molecule has 66 heavy (non-hydrogen) atoms. The van der Waals surface area contributed by atoms with Gasteiger partial charge in [0.1, 0.15) is 59.8 Å². The number of aromatic hydroxyl groups is 2. The number of rotatable bonds is 26. The third kappa shape index (κ3) is 18.8. The minimum absolute atomic E-state index is 0.0291. The zero-order valence-corrected chi connectivity index (χ0v) is 38.2. The Labute approximate surface area is 387 Å². The number of aliphatic carboxylic acids is 1. The van der Waals surface area contributed by atoms with Crippen LogP contribution in [0, 0.1) is 5.92 Å². The van der Waals surface area contributed by atoms with Gasteiger partial charge in [-0.25, -0.2) is 4.79 Å². The number of amides is 7. The van der Waals surface area contributed by atoms with Gasteiger partial charge in [-0.15, -0.1) is 0 Å². The van der Waals surface area contributed by atoms with Gasteiger partial charge in [0, 0.05) is 25.1 Å². The first kappa shape index (κ1) is 55.5. The van der Waals surface area contributed by atoms with Crippen molar-refractivity contribution in [2.45, 2.75) is 115 Å². The van der Waals surface area contributed by atoms with Gasteiger partial charge in [0.15, 0.2) is 5.96 Å². The van der Waals surface area contributed by atoms with Crippen LogP contribution in [-0.4, -0.2) is 140 Å². The summed E-state index contributed by atoms with van der Waals surface area (Å²) in [5, 5.41) is 56.5. The number of carbonyl (C=O) groups excluding carboxylic acids is 7. The van der Waals surface area contributed by atoms with Gasteiger partial charge in [-0.05, 0) is 74.9 Å². The number of nitrogens with one attached hydrogen (secondary N) is 7. The Kier molecular flexibility index (Phi) is 22.7. The molecule has 0 aliphatic carbocycles. The van der Waals surface area contributed by atoms with Gasteiger partial charge in [0.05, 0.1) is 6.10 Å². The van der Waals surface area contributed by atoms with Crippen LogP contribution in [0.4, 0.5) is 0 Å². The summed E-state index contributed by atoms with van der Waals surface area (Å²) in [6, 6.07) is 0.705. The molecule has 0 radical (unpaired) electrons. The average molecular weight is 946 g/mol. The van der Waals surface area contributed by atoms with Crippen molar-refractivity contribution in [2.24, 2.45) is 28.1 Å². The highest BCUT2D eigenvalue weighted by molar-refractivity contribution is 7.80. The van der Waals surface area contributed by atoms with Crippen molar-refractivity contribution >= 4 is 65.9 Å². The lowest BCUT2D eigenvalue weighted by Gasteiger charge is -2.28. The zero-order chi connectivity index (χ0) is 49.8. The van der Waals surface area contributed by atoms with E-state index in [1.165, 1.54) is 69.3 Å². The predicted octanol–water partition coefficient (Wildman–Crippen LogP) is -3.25. The smallest absolute Gasteiger partial charge is 0.326 e. The van der Waals surface area contributed by atoms with Gasteiger partial charge in [-0.1, -0.05) is 38.1 Å². The van der Waals surface area contributed by atoms with Crippen molar-refractivity contribution in [1.82, 2.24) is 37.2 Å². The lowest BCUT2D eigenvalue weighted by Crippen LogP contribution is -2.61. The van der Waals surface area contributed by atoms with E-state index < -0.39 is 108 Å². The van der Waals surface area contributed by atoms with Gasteiger partial charge in [0.25, 0.3) is 0 Å². The second-order valence-corrected chi connectivity index (χ2v) is 16.3. The van der Waals surface area contributed by atoms with E-state index >= 15 is 0 Å². The minimum Gasteiger partial charge on any atom is -0.508 e. The van der Waals surface area contributed by atoms with Crippen molar-refractivity contribution in [1.29, 1.82) is 0 Å². The molecule has 23 nitrogen and oxygen atoms in total. The number of benzene rings is 2. The topological polar surface area (TPSA) is 392 Å². The highest BCUT2D eigenvalue weighted by Gasteiger charge is 2.34. The van der Waals surface area contributed by atoms with Crippen molar-refractivity contribution in [3.8, 4) is 11.5 Å². The fraction of sp³-hybridized carbons (Fsp3) is 0.500. The Hall–Kier alpha value is -6.66. The fourth-order valence-corrected chi connectivity index (χ4v) is 6.26. The molecule has 2 aromatic rings. The van der Waals surface area contributed by atoms with E-state index in [1.54, 1.807) is 13.8 Å². The van der Waals surface area contributed by atoms with Crippen LogP contribution in [0.15, 0.2) is 53.5 Å². The monoisotopic (exact) mass is 945 g/mol.